The molecule has 0 aliphatic carbocycles. The fraction of sp³-hybridized carbons (Fsp3) is 0.143. The van der Waals surface area contributed by atoms with Crippen LogP contribution in [-0.2, 0) is 6.54 Å². The number of ketones is 1. The number of aromatic nitrogens is 2. The van der Waals surface area contributed by atoms with Gasteiger partial charge in [0.2, 0.25) is 0 Å². The van der Waals surface area contributed by atoms with Crippen LogP contribution in [0.25, 0.3) is 11.8 Å². The molecule has 1 heterocycles. The Morgan fingerprint density at radius 2 is 1.88 bits per heavy atom. The van der Waals surface area contributed by atoms with Crippen molar-refractivity contribution >= 4 is 11.9 Å². The molecule has 0 fully saturated rings. The number of nitrogens with zero attached hydrogens (tertiary/aromatic N) is 3. The molecule has 4 nitrogen and oxygen atoms in total. The second kappa shape index (κ2) is 7.73. The maximum absolute atomic E-state index is 12.4. The molecule has 25 heavy (non-hydrogen) atoms. The molecule has 3 rings (SSSR count). The van der Waals surface area contributed by atoms with E-state index in [2.05, 4.69) is 16.0 Å². The first-order valence-electron chi connectivity index (χ1n) is 8.17. The van der Waals surface area contributed by atoms with Gasteiger partial charge in [-0.1, -0.05) is 30.3 Å². The van der Waals surface area contributed by atoms with Crippen molar-refractivity contribution in [1.29, 1.82) is 0 Å². The molecular weight excluding hydrogens is 310 g/mol. The third-order valence-electron chi connectivity index (χ3n) is 3.91. The van der Waals surface area contributed by atoms with Gasteiger partial charge < -0.3 is 9.47 Å². The van der Waals surface area contributed by atoms with Crippen molar-refractivity contribution in [1.82, 2.24) is 14.5 Å². The summed E-state index contributed by atoms with van der Waals surface area (Å²) in [5, 5.41) is 0. The normalized spacial score (nSPS) is 11.3. The van der Waals surface area contributed by atoms with Crippen LogP contribution in [0.15, 0.2) is 73.3 Å². The van der Waals surface area contributed by atoms with Crippen LogP contribution in [-0.4, -0.2) is 34.3 Å². The maximum atomic E-state index is 12.4. The molecule has 0 radical (unpaired) electrons. The van der Waals surface area contributed by atoms with Crippen LogP contribution in [0.4, 0.5) is 0 Å². The Morgan fingerprint density at radius 1 is 1.12 bits per heavy atom. The van der Waals surface area contributed by atoms with Gasteiger partial charge in [-0.15, -0.1) is 0 Å². The van der Waals surface area contributed by atoms with Gasteiger partial charge in [0.25, 0.3) is 0 Å². The Bertz CT molecular complexity index is 862. The van der Waals surface area contributed by atoms with Gasteiger partial charge in [-0.25, -0.2) is 4.98 Å². The molecule has 0 spiro atoms. The fourth-order valence-electron chi connectivity index (χ4n) is 2.65. The standard InChI is InChI=1S/C21H21N3O/c1-23(2)15-19-6-4-3-5-17(19)9-12-21(25)18-7-10-20(11-8-18)24-14-13-22-16-24/h3-14,16H,15H2,1-2H3. The van der Waals surface area contributed by atoms with E-state index in [1.54, 1.807) is 18.6 Å². The highest BCUT2D eigenvalue weighted by atomic mass is 16.1. The highest BCUT2D eigenvalue weighted by Gasteiger charge is 2.04. The van der Waals surface area contributed by atoms with Crippen molar-refractivity contribution in [3.8, 4) is 5.69 Å². The van der Waals surface area contributed by atoms with Crippen molar-refractivity contribution < 1.29 is 4.79 Å². The van der Waals surface area contributed by atoms with Crippen LogP contribution in [0.1, 0.15) is 21.5 Å². The van der Waals surface area contributed by atoms with Crippen molar-refractivity contribution in [2.45, 2.75) is 6.54 Å². The van der Waals surface area contributed by atoms with E-state index in [-0.39, 0.29) is 5.78 Å². The number of hydrogen-bond acceptors (Lipinski definition) is 3. The van der Waals surface area contributed by atoms with E-state index in [0.717, 1.165) is 17.8 Å². The molecule has 0 aliphatic rings. The molecule has 0 atom stereocenters. The predicted octanol–water partition coefficient (Wildman–Crippen LogP) is 3.83. The van der Waals surface area contributed by atoms with Crippen molar-refractivity contribution in [3.63, 3.8) is 0 Å². The smallest absolute Gasteiger partial charge is 0.185 e. The lowest BCUT2D eigenvalue weighted by Crippen LogP contribution is -2.11. The highest BCUT2D eigenvalue weighted by Crippen LogP contribution is 2.14. The van der Waals surface area contributed by atoms with E-state index in [4.69, 9.17) is 0 Å². The number of hydrogen-bond donors (Lipinski definition) is 0. The van der Waals surface area contributed by atoms with Gasteiger partial charge in [0.05, 0.1) is 6.33 Å². The zero-order valence-corrected chi connectivity index (χ0v) is 14.5. The average Bonchev–Trinajstić information content (AvgIpc) is 3.15. The predicted molar refractivity (Wildman–Crippen MR) is 101 cm³/mol. The first-order valence-corrected chi connectivity index (χ1v) is 8.17. The molecular formula is C21H21N3O. The molecule has 0 bridgehead atoms. The number of rotatable bonds is 6. The van der Waals surface area contributed by atoms with Gasteiger partial charge in [0.1, 0.15) is 0 Å². The summed E-state index contributed by atoms with van der Waals surface area (Å²) < 4.78 is 1.90. The van der Waals surface area contributed by atoms with Crippen LogP contribution in [0.2, 0.25) is 0 Å². The van der Waals surface area contributed by atoms with Crippen LogP contribution in [0.3, 0.4) is 0 Å². The molecule has 0 N–H and O–H groups in total. The van der Waals surface area contributed by atoms with Crippen molar-refractivity contribution in [2.75, 3.05) is 14.1 Å². The number of imidazole rings is 1. The van der Waals surface area contributed by atoms with Crippen LogP contribution in [0, 0.1) is 0 Å². The van der Waals surface area contributed by atoms with Gasteiger partial charge in [-0.05, 0) is 55.6 Å². The second-order valence-corrected chi connectivity index (χ2v) is 6.15. The number of carbonyl (C=O) groups is 1. The Kier molecular flexibility index (Phi) is 5.21. The lowest BCUT2D eigenvalue weighted by atomic mass is 10.0. The second-order valence-electron chi connectivity index (χ2n) is 6.15. The molecule has 0 unspecified atom stereocenters. The third kappa shape index (κ3) is 4.31. The average molecular weight is 331 g/mol. The molecule has 2 aromatic carbocycles. The minimum absolute atomic E-state index is 0.00293. The largest absolute Gasteiger partial charge is 0.306 e. The van der Waals surface area contributed by atoms with Crippen molar-refractivity contribution in [2.24, 2.45) is 0 Å². The topological polar surface area (TPSA) is 38.1 Å². The Labute approximate surface area is 148 Å². The maximum Gasteiger partial charge on any atom is 0.185 e. The van der Waals surface area contributed by atoms with Gasteiger partial charge in [0, 0.05) is 30.2 Å². The van der Waals surface area contributed by atoms with Crippen molar-refractivity contribution in [3.05, 3.63) is 90.0 Å². The van der Waals surface area contributed by atoms with Gasteiger partial charge in [-0.2, -0.15) is 0 Å². The van der Waals surface area contributed by atoms with E-state index in [0.29, 0.717) is 5.56 Å². The lowest BCUT2D eigenvalue weighted by molar-refractivity contribution is 0.104. The lowest BCUT2D eigenvalue weighted by Gasteiger charge is -2.12. The minimum atomic E-state index is -0.00293. The molecule has 0 saturated carbocycles. The summed E-state index contributed by atoms with van der Waals surface area (Å²) in [6, 6.07) is 15.7. The van der Waals surface area contributed by atoms with E-state index in [1.165, 1.54) is 5.56 Å². The fourth-order valence-corrected chi connectivity index (χ4v) is 2.65. The van der Waals surface area contributed by atoms with E-state index < -0.39 is 0 Å². The van der Waals surface area contributed by atoms with Crippen LogP contribution >= 0.6 is 0 Å². The summed E-state index contributed by atoms with van der Waals surface area (Å²) >= 11 is 0. The quantitative estimate of drug-likeness (QED) is 0.509. The summed E-state index contributed by atoms with van der Waals surface area (Å²) in [7, 11) is 4.07. The van der Waals surface area contributed by atoms with Gasteiger partial charge in [-0.3, -0.25) is 4.79 Å². The summed E-state index contributed by atoms with van der Waals surface area (Å²) in [6.45, 7) is 0.842. The van der Waals surface area contributed by atoms with Crippen LogP contribution in [0.5, 0.6) is 0 Å². The Balaban J connectivity index is 1.75. The van der Waals surface area contributed by atoms with E-state index in [9.17, 15) is 4.79 Å². The summed E-state index contributed by atoms with van der Waals surface area (Å²) in [4.78, 5) is 18.6. The van der Waals surface area contributed by atoms with E-state index >= 15 is 0 Å². The first kappa shape index (κ1) is 16.9. The number of benzene rings is 2. The molecule has 3 aromatic rings. The van der Waals surface area contributed by atoms with Gasteiger partial charge >= 0.3 is 0 Å². The zero-order valence-electron chi connectivity index (χ0n) is 14.5. The van der Waals surface area contributed by atoms with Crippen LogP contribution < -0.4 is 0 Å². The Hall–Kier alpha value is -2.98. The highest BCUT2D eigenvalue weighted by molar-refractivity contribution is 6.06. The molecule has 0 amide bonds. The minimum Gasteiger partial charge on any atom is -0.306 e. The summed E-state index contributed by atoms with van der Waals surface area (Å²) in [5.74, 6) is -0.00293. The number of allylic oxidation sites excluding steroid dienone is 1. The molecule has 0 saturated heterocycles. The third-order valence-corrected chi connectivity index (χ3v) is 3.91. The van der Waals surface area contributed by atoms with Gasteiger partial charge in [0.15, 0.2) is 5.78 Å². The SMILES string of the molecule is CN(C)Cc1ccccc1C=CC(=O)c1ccc(-n2ccnc2)cc1. The molecule has 0 aliphatic heterocycles. The first-order chi connectivity index (χ1) is 12.1. The summed E-state index contributed by atoms with van der Waals surface area (Å²) in [6.07, 6.45) is 8.87. The Morgan fingerprint density at radius 3 is 2.56 bits per heavy atom. The van der Waals surface area contributed by atoms with E-state index in [1.807, 2.05) is 73.4 Å². The number of carbonyl (C=O) groups excluding carboxylic acids is 1. The molecule has 4 heteroatoms. The monoisotopic (exact) mass is 331 g/mol. The molecule has 1 aromatic heterocycles. The molecule has 126 valence electrons. The summed E-state index contributed by atoms with van der Waals surface area (Å²) in [5.41, 5.74) is 3.92. The zero-order chi connectivity index (χ0) is 17.6.